The molecule has 0 amide bonds. The molecule has 26 heavy (non-hydrogen) atoms. The zero-order chi connectivity index (χ0) is 18.8. The van der Waals surface area contributed by atoms with E-state index in [1.165, 1.54) is 10.5 Å². The second-order valence-electron chi connectivity index (χ2n) is 5.47. The van der Waals surface area contributed by atoms with Gasteiger partial charge in [-0.15, -0.1) is 18.3 Å². The van der Waals surface area contributed by atoms with Crippen LogP contribution in [0.25, 0.3) is 0 Å². The Morgan fingerprint density at radius 1 is 1.15 bits per heavy atom. The maximum Gasteiger partial charge on any atom is 0.573 e. The van der Waals surface area contributed by atoms with Crippen molar-refractivity contribution in [3.05, 3.63) is 42.6 Å². The van der Waals surface area contributed by atoms with Crippen molar-refractivity contribution in [2.24, 2.45) is 0 Å². The first kappa shape index (κ1) is 18.4. The van der Waals surface area contributed by atoms with Crippen LogP contribution in [0, 0.1) is 0 Å². The van der Waals surface area contributed by atoms with Crippen molar-refractivity contribution in [1.29, 1.82) is 0 Å². The van der Waals surface area contributed by atoms with Gasteiger partial charge in [-0.2, -0.15) is 9.40 Å². The standard InChI is InChI=1S/C15H14F3N3O4S/c16-15(17,18)25-11-3-5-13(6-4-11)26(22,23)21-9-7-12(10-21)24-14-2-1-8-19-20-14/h1-6,8,12H,7,9-10H2. The summed E-state index contributed by atoms with van der Waals surface area (Å²) in [6, 6.07) is 7.34. The number of halogens is 3. The van der Waals surface area contributed by atoms with Crippen LogP contribution in [-0.4, -0.2) is 48.5 Å². The minimum atomic E-state index is -4.83. The number of hydrogen-bond acceptors (Lipinski definition) is 6. The maximum absolute atomic E-state index is 12.6. The first-order valence-corrected chi connectivity index (χ1v) is 8.98. The van der Waals surface area contributed by atoms with Crippen LogP contribution >= 0.6 is 0 Å². The molecule has 11 heteroatoms. The molecule has 1 saturated heterocycles. The maximum atomic E-state index is 12.6. The highest BCUT2D eigenvalue weighted by atomic mass is 32.2. The molecule has 2 heterocycles. The summed E-state index contributed by atoms with van der Waals surface area (Å²) in [6.45, 7) is 0.341. The molecule has 1 aliphatic rings. The predicted octanol–water partition coefficient (Wildman–Crippen LogP) is 2.22. The Bertz CT molecular complexity index is 845. The summed E-state index contributed by atoms with van der Waals surface area (Å²) < 4.78 is 72.3. The van der Waals surface area contributed by atoms with Crippen molar-refractivity contribution in [3.8, 4) is 11.6 Å². The molecule has 7 nitrogen and oxygen atoms in total. The van der Waals surface area contributed by atoms with Crippen LogP contribution in [-0.2, 0) is 10.0 Å². The number of sulfonamides is 1. The summed E-state index contributed by atoms with van der Waals surface area (Å²) in [5.74, 6) is -0.188. The fourth-order valence-corrected chi connectivity index (χ4v) is 3.98. The zero-order valence-electron chi connectivity index (χ0n) is 13.3. The van der Waals surface area contributed by atoms with Gasteiger partial charge in [-0.1, -0.05) is 0 Å². The first-order chi connectivity index (χ1) is 12.2. The third kappa shape index (κ3) is 4.41. The highest BCUT2D eigenvalue weighted by Crippen LogP contribution is 2.27. The van der Waals surface area contributed by atoms with Gasteiger partial charge in [0.15, 0.2) is 0 Å². The lowest BCUT2D eigenvalue weighted by Gasteiger charge is -2.17. The molecular formula is C15H14F3N3O4S. The fourth-order valence-electron chi connectivity index (χ4n) is 2.50. The van der Waals surface area contributed by atoms with Gasteiger partial charge in [-0.3, -0.25) is 0 Å². The molecule has 1 atom stereocenters. The van der Waals surface area contributed by atoms with Crippen LogP contribution in [0.2, 0.25) is 0 Å². The smallest absolute Gasteiger partial charge is 0.472 e. The van der Waals surface area contributed by atoms with E-state index in [9.17, 15) is 21.6 Å². The van der Waals surface area contributed by atoms with Crippen molar-refractivity contribution in [3.63, 3.8) is 0 Å². The molecule has 1 aliphatic heterocycles. The number of alkyl halides is 3. The first-order valence-electron chi connectivity index (χ1n) is 7.54. The van der Waals surface area contributed by atoms with Crippen LogP contribution < -0.4 is 9.47 Å². The summed E-state index contributed by atoms with van der Waals surface area (Å²) >= 11 is 0. The average Bonchev–Trinajstić information content (AvgIpc) is 3.04. The Kier molecular flexibility index (Phi) is 5.01. The largest absolute Gasteiger partial charge is 0.573 e. The molecule has 0 spiro atoms. The Morgan fingerprint density at radius 2 is 1.88 bits per heavy atom. The Balaban J connectivity index is 1.67. The van der Waals surface area contributed by atoms with Gasteiger partial charge in [0.05, 0.1) is 11.4 Å². The third-order valence-electron chi connectivity index (χ3n) is 3.64. The van der Waals surface area contributed by atoms with E-state index in [1.807, 2.05) is 0 Å². The zero-order valence-corrected chi connectivity index (χ0v) is 14.1. The minimum Gasteiger partial charge on any atom is -0.472 e. The van der Waals surface area contributed by atoms with Gasteiger partial charge >= 0.3 is 6.36 Å². The predicted molar refractivity (Wildman–Crippen MR) is 82.9 cm³/mol. The second kappa shape index (κ2) is 7.08. The molecule has 0 aliphatic carbocycles. The molecular weight excluding hydrogens is 375 g/mol. The van der Waals surface area contributed by atoms with Crippen molar-refractivity contribution < 1.29 is 31.1 Å². The van der Waals surface area contributed by atoms with Gasteiger partial charge in [0.25, 0.3) is 0 Å². The normalized spacial score (nSPS) is 18.7. The van der Waals surface area contributed by atoms with E-state index in [0.717, 1.165) is 24.3 Å². The van der Waals surface area contributed by atoms with E-state index >= 15 is 0 Å². The molecule has 0 radical (unpaired) electrons. The molecule has 0 bridgehead atoms. The monoisotopic (exact) mass is 389 g/mol. The Morgan fingerprint density at radius 3 is 2.50 bits per heavy atom. The van der Waals surface area contributed by atoms with E-state index < -0.39 is 22.1 Å². The number of nitrogens with zero attached hydrogens (tertiary/aromatic N) is 3. The molecule has 3 rings (SSSR count). The number of rotatable bonds is 5. The summed E-state index contributed by atoms with van der Waals surface area (Å²) in [5, 5.41) is 7.46. The van der Waals surface area contributed by atoms with Gasteiger partial charge in [0.1, 0.15) is 11.9 Å². The van der Waals surface area contributed by atoms with Gasteiger partial charge in [0, 0.05) is 18.8 Å². The van der Waals surface area contributed by atoms with Crippen LogP contribution in [0.5, 0.6) is 11.6 Å². The van der Waals surface area contributed by atoms with Gasteiger partial charge in [-0.25, -0.2) is 8.42 Å². The number of aromatic nitrogens is 2. The lowest BCUT2D eigenvalue weighted by atomic mass is 10.3. The average molecular weight is 389 g/mol. The SMILES string of the molecule is O=S(=O)(c1ccc(OC(F)(F)F)cc1)N1CCC(Oc2cccnn2)C1. The van der Waals surface area contributed by atoms with E-state index in [4.69, 9.17) is 4.74 Å². The Labute approximate surface area is 147 Å². The molecule has 0 N–H and O–H groups in total. The van der Waals surface area contributed by atoms with Crippen LogP contribution in [0.15, 0.2) is 47.5 Å². The minimum absolute atomic E-state index is 0.111. The van der Waals surface area contributed by atoms with E-state index in [2.05, 4.69) is 14.9 Å². The highest BCUT2D eigenvalue weighted by Gasteiger charge is 2.34. The van der Waals surface area contributed by atoms with E-state index in [-0.39, 0.29) is 24.1 Å². The lowest BCUT2D eigenvalue weighted by molar-refractivity contribution is -0.274. The van der Waals surface area contributed by atoms with E-state index in [0.29, 0.717) is 12.3 Å². The van der Waals surface area contributed by atoms with Gasteiger partial charge in [-0.05, 0) is 36.8 Å². The van der Waals surface area contributed by atoms with Crippen LogP contribution in [0.4, 0.5) is 13.2 Å². The number of benzene rings is 1. The van der Waals surface area contributed by atoms with Crippen LogP contribution in [0.3, 0.4) is 0 Å². The third-order valence-corrected chi connectivity index (χ3v) is 5.52. The van der Waals surface area contributed by atoms with Crippen molar-refractivity contribution in [2.75, 3.05) is 13.1 Å². The summed E-state index contributed by atoms with van der Waals surface area (Å²) in [7, 11) is -3.84. The second-order valence-corrected chi connectivity index (χ2v) is 7.41. The lowest BCUT2D eigenvalue weighted by Crippen LogP contribution is -2.31. The van der Waals surface area contributed by atoms with Crippen molar-refractivity contribution in [1.82, 2.24) is 14.5 Å². The fraction of sp³-hybridized carbons (Fsp3) is 0.333. The van der Waals surface area contributed by atoms with Crippen molar-refractivity contribution in [2.45, 2.75) is 23.8 Å². The topological polar surface area (TPSA) is 81.6 Å². The summed E-state index contributed by atoms with van der Waals surface area (Å²) in [5.41, 5.74) is 0. The molecule has 0 saturated carbocycles. The van der Waals surface area contributed by atoms with Crippen LogP contribution in [0.1, 0.15) is 6.42 Å². The molecule has 140 valence electrons. The van der Waals surface area contributed by atoms with Gasteiger partial charge in [0.2, 0.25) is 15.9 Å². The van der Waals surface area contributed by atoms with Gasteiger partial charge < -0.3 is 9.47 Å². The highest BCUT2D eigenvalue weighted by molar-refractivity contribution is 7.89. The summed E-state index contributed by atoms with van der Waals surface area (Å²) in [6.07, 6.45) is -3.26. The van der Waals surface area contributed by atoms with Crippen molar-refractivity contribution >= 4 is 10.0 Å². The molecule has 1 unspecified atom stereocenters. The quantitative estimate of drug-likeness (QED) is 0.780. The Hall–Kier alpha value is -2.40. The van der Waals surface area contributed by atoms with E-state index in [1.54, 1.807) is 12.1 Å². The molecule has 1 aromatic carbocycles. The number of ether oxygens (including phenoxy) is 2. The summed E-state index contributed by atoms with van der Waals surface area (Å²) in [4.78, 5) is -0.118. The number of hydrogen-bond donors (Lipinski definition) is 0. The molecule has 1 fully saturated rings. The molecule has 2 aromatic rings. The molecule has 1 aromatic heterocycles.